The minimum Gasteiger partial charge on any atom is -0.444 e. The lowest BCUT2D eigenvalue weighted by Crippen LogP contribution is -2.51. The Hall–Kier alpha value is -2.59. The summed E-state index contributed by atoms with van der Waals surface area (Å²) in [7, 11) is 0. The fourth-order valence-electron chi connectivity index (χ4n) is 3.11. The van der Waals surface area contributed by atoms with Crippen LogP contribution in [0.2, 0.25) is 0 Å². The van der Waals surface area contributed by atoms with Crippen LogP contribution in [0.25, 0.3) is 0 Å². The highest BCUT2D eigenvalue weighted by atomic mass is 19.4. The summed E-state index contributed by atoms with van der Waals surface area (Å²) in [4.78, 5) is 27.2. The normalized spacial score (nSPS) is 20.6. The Bertz CT molecular complexity index is 749. The highest BCUT2D eigenvalue weighted by molar-refractivity contribution is 5.69. The zero-order chi connectivity index (χ0) is 21.3. The van der Waals surface area contributed by atoms with Crippen molar-refractivity contribution < 1.29 is 27.6 Å². The van der Waals surface area contributed by atoms with Crippen molar-refractivity contribution in [2.45, 2.75) is 51.9 Å². The van der Waals surface area contributed by atoms with Crippen LogP contribution in [0.1, 0.15) is 39.8 Å². The number of halogens is 3. The molecule has 0 aromatic carbocycles. The van der Waals surface area contributed by atoms with Crippen molar-refractivity contribution in [3.05, 3.63) is 28.1 Å². The summed E-state index contributed by atoms with van der Waals surface area (Å²) in [5.74, 6) is -0.0178. The molecule has 8 nitrogen and oxygen atoms in total. The van der Waals surface area contributed by atoms with Gasteiger partial charge in [0.1, 0.15) is 23.2 Å². The van der Waals surface area contributed by atoms with Crippen LogP contribution in [-0.2, 0) is 10.9 Å². The average molecular weight is 404 g/mol. The summed E-state index contributed by atoms with van der Waals surface area (Å²) in [6.45, 7) is 7.41. The molecule has 2 heterocycles. The summed E-state index contributed by atoms with van der Waals surface area (Å²) in [5.41, 5.74) is -2.59. The van der Waals surface area contributed by atoms with Gasteiger partial charge >= 0.3 is 18.0 Å². The van der Waals surface area contributed by atoms with E-state index >= 15 is 0 Å². The monoisotopic (exact) mass is 404 g/mol. The van der Waals surface area contributed by atoms with Crippen LogP contribution in [0.4, 0.5) is 29.3 Å². The second-order valence-electron chi connectivity index (χ2n) is 7.90. The van der Waals surface area contributed by atoms with Gasteiger partial charge in [-0.3, -0.25) is 10.1 Å². The molecule has 0 aliphatic carbocycles. The standard InChI is InChI=1S/C17H23F3N4O4/c1-10-5-11(22-15(25)28-16(2,3)4)9-23(8-10)12-6-14(17(18,19)20)21-7-13(12)24(26)27/h6-7,10-11H,5,8-9H2,1-4H3,(H,22,25)/t10-,11+/m1/s1. The molecule has 0 radical (unpaired) electrons. The number of pyridine rings is 1. The Kier molecular flexibility index (Phi) is 6.05. The number of alkyl carbamates (subject to hydrolysis) is 1. The third kappa shape index (κ3) is 5.70. The number of alkyl halides is 3. The van der Waals surface area contributed by atoms with E-state index < -0.39 is 40.2 Å². The van der Waals surface area contributed by atoms with Gasteiger partial charge in [-0.25, -0.2) is 9.78 Å². The lowest BCUT2D eigenvalue weighted by Gasteiger charge is -2.38. The molecule has 0 spiro atoms. The van der Waals surface area contributed by atoms with E-state index in [-0.39, 0.29) is 18.2 Å². The first-order chi connectivity index (χ1) is 12.8. The number of carbonyl (C=O) groups excluding carboxylic acids is 1. The van der Waals surface area contributed by atoms with Crippen molar-refractivity contribution in [2.75, 3.05) is 18.0 Å². The van der Waals surface area contributed by atoms with E-state index in [1.807, 2.05) is 6.92 Å². The molecule has 0 bridgehead atoms. The largest absolute Gasteiger partial charge is 0.444 e. The molecule has 1 aliphatic heterocycles. The topological polar surface area (TPSA) is 97.6 Å². The molecule has 0 unspecified atom stereocenters. The van der Waals surface area contributed by atoms with E-state index in [0.29, 0.717) is 25.2 Å². The number of carbonyl (C=O) groups is 1. The fraction of sp³-hybridized carbons (Fsp3) is 0.647. The van der Waals surface area contributed by atoms with Crippen molar-refractivity contribution in [1.29, 1.82) is 0 Å². The van der Waals surface area contributed by atoms with Crippen LogP contribution in [0.3, 0.4) is 0 Å². The first kappa shape index (κ1) is 21.7. The van der Waals surface area contributed by atoms with Gasteiger partial charge < -0.3 is 15.0 Å². The lowest BCUT2D eigenvalue weighted by atomic mass is 9.95. The van der Waals surface area contributed by atoms with Gasteiger partial charge in [-0.1, -0.05) is 6.92 Å². The van der Waals surface area contributed by atoms with Crippen LogP contribution in [-0.4, -0.2) is 40.7 Å². The van der Waals surface area contributed by atoms with Gasteiger partial charge in [0.2, 0.25) is 0 Å². The molecule has 2 rings (SSSR count). The van der Waals surface area contributed by atoms with Crippen LogP contribution in [0.5, 0.6) is 0 Å². The van der Waals surface area contributed by atoms with E-state index in [4.69, 9.17) is 4.74 Å². The quantitative estimate of drug-likeness (QED) is 0.609. The molecule has 1 aromatic rings. The molecule has 2 atom stereocenters. The van der Waals surface area contributed by atoms with E-state index in [0.717, 1.165) is 0 Å². The summed E-state index contributed by atoms with van der Waals surface area (Å²) < 4.78 is 44.3. The van der Waals surface area contributed by atoms with Crippen LogP contribution in [0.15, 0.2) is 12.3 Å². The number of nitro groups is 1. The number of rotatable bonds is 3. The summed E-state index contributed by atoms with van der Waals surface area (Å²) in [5, 5.41) is 14.0. The molecular formula is C17H23F3N4O4. The Morgan fingerprint density at radius 1 is 1.36 bits per heavy atom. The third-order valence-corrected chi connectivity index (χ3v) is 4.07. The maximum Gasteiger partial charge on any atom is 0.433 e. The van der Waals surface area contributed by atoms with Gasteiger partial charge in [0.05, 0.1) is 4.92 Å². The summed E-state index contributed by atoms with van der Waals surface area (Å²) in [6, 6.07) is 0.251. The third-order valence-electron chi connectivity index (χ3n) is 4.07. The van der Waals surface area contributed by atoms with Gasteiger partial charge in [0.15, 0.2) is 0 Å². The number of anilines is 1. The van der Waals surface area contributed by atoms with Gasteiger partial charge in [0.25, 0.3) is 0 Å². The number of nitrogens with one attached hydrogen (secondary N) is 1. The molecule has 1 saturated heterocycles. The molecule has 1 amide bonds. The van der Waals surface area contributed by atoms with Crippen molar-refractivity contribution in [2.24, 2.45) is 5.92 Å². The first-order valence-corrected chi connectivity index (χ1v) is 8.72. The highest BCUT2D eigenvalue weighted by Gasteiger charge is 2.37. The zero-order valence-corrected chi connectivity index (χ0v) is 16.0. The maximum atomic E-state index is 13.0. The molecule has 1 aliphatic rings. The number of aromatic nitrogens is 1. The highest BCUT2D eigenvalue weighted by Crippen LogP contribution is 2.36. The van der Waals surface area contributed by atoms with E-state index in [9.17, 15) is 28.1 Å². The van der Waals surface area contributed by atoms with Gasteiger partial charge in [-0.2, -0.15) is 13.2 Å². The Morgan fingerprint density at radius 3 is 2.54 bits per heavy atom. The molecule has 11 heteroatoms. The second kappa shape index (κ2) is 7.80. The maximum absolute atomic E-state index is 13.0. The molecule has 1 aromatic heterocycles. The minimum absolute atomic E-state index is 0.0178. The fourth-order valence-corrected chi connectivity index (χ4v) is 3.11. The lowest BCUT2D eigenvalue weighted by molar-refractivity contribution is -0.384. The van der Waals surface area contributed by atoms with Crippen molar-refractivity contribution in [3.63, 3.8) is 0 Å². The van der Waals surface area contributed by atoms with Crippen molar-refractivity contribution in [3.8, 4) is 0 Å². The van der Waals surface area contributed by atoms with Crippen LogP contribution in [0, 0.1) is 16.0 Å². The van der Waals surface area contributed by atoms with Crippen molar-refractivity contribution >= 4 is 17.5 Å². The molecule has 0 saturated carbocycles. The summed E-state index contributed by atoms with van der Waals surface area (Å²) in [6.07, 6.45) is -4.18. The van der Waals surface area contributed by atoms with Gasteiger partial charge in [-0.05, 0) is 39.2 Å². The molecule has 156 valence electrons. The summed E-state index contributed by atoms with van der Waals surface area (Å²) >= 11 is 0. The van der Waals surface area contributed by atoms with E-state index in [1.165, 1.54) is 4.90 Å². The van der Waals surface area contributed by atoms with Crippen LogP contribution >= 0.6 is 0 Å². The van der Waals surface area contributed by atoms with Gasteiger partial charge in [-0.15, -0.1) is 0 Å². The zero-order valence-electron chi connectivity index (χ0n) is 16.0. The van der Waals surface area contributed by atoms with Gasteiger partial charge in [0, 0.05) is 19.1 Å². The SMILES string of the molecule is C[C@@H]1C[C@H](NC(=O)OC(C)(C)C)CN(c2cc(C(F)(F)F)ncc2[N+](=O)[O-])C1. The number of hydrogen-bond donors (Lipinski definition) is 1. The first-order valence-electron chi connectivity index (χ1n) is 8.72. The molecule has 1 N–H and O–H groups in total. The number of amides is 1. The minimum atomic E-state index is -4.72. The Morgan fingerprint density at radius 2 is 2.00 bits per heavy atom. The predicted octanol–water partition coefficient (Wildman–Crippen LogP) is 3.75. The number of hydrogen-bond acceptors (Lipinski definition) is 6. The molecular weight excluding hydrogens is 381 g/mol. The Balaban J connectivity index is 2.28. The van der Waals surface area contributed by atoms with Crippen molar-refractivity contribution in [1.82, 2.24) is 10.3 Å². The van der Waals surface area contributed by atoms with E-state index in [2.05, 4.69) is 10.3 Å². The number of nitrogens with zero attached hydrogens (tertiary/aromatic N) is 3. The molecule has 1 fully saturated rings. The Labute approximate surface area is 160 Å². The number of piperidine rings is 1. The van der Waals surface area contributed by atoms with E-state index in [1.54, 1.807) is 20.8 Å². The van der Waals surface area contributed by atoms with Crippen LogP contribution < -0.4 is 10.2 Å². The second-order valence-corrected chi connectivity index (χ2v) is 7.90. The smallest absolute Gasteiger partial charge is 0.433 e. The average Bonchev–Trinajstić information content (AvgIpc) is 2.50. The predicted molar refractivity (Wildman–Crippen MR) is 95.0 cm³/mol. The molecule has 28 heavy (non-hydrogen) atoms. The number of ether oxygens (including phenoxy) is 1.